The van der Waals surface area contributed by atoms with E-state index in [2.05, 4.69) is 29.3 Å². The lowest BCUT2D eigenvalue weighted by molar-refractivity contribution is -0.142. The number of hydrogen-bond acceptors (Lipinski definition) is 3. The summed E-state index contributed by atoms with van der Waals surface area (Å²) in [5, 5.41) is 9.62. The van der Waals surface area contributed by atoms with Gasteiger partial charge in [0.05, 0.1) is 13.0 Å². The van der Waals surface area contributed by atoms with Gasteiger partial charge in [-0.3, -0.25) is 4.79 Å². The molecule has 2 atom stereocenters. The van der Waals surface area contributed by atoms with Crippen LogP contribution in [0.2, 0.25) is 0 Å². The molecule has 0 aliphatic heterocycles. The van der Waals surface area contributed by atoms with Crippen LogP contribution in [0.4, 0.5) is 4.39 Å². The maximum absolute atomic E-state index is 15.2. The van der Waals surface area contributed by atoms with Gasteiger partial charge in [0.25, 0.3) is 0 Å². The van der Waals surface area contributed by atoms with Crippen LogP contribution < -0.4 is 4.74 Å². The Morgan fingerprint density at radius 1 is 1.09 bits per heavy atom. The van der Waals surface area contributed by atoms with Gasteiger partial charge in [-0.2, -0.15) is 0 Å². The van der Waals surface area contributed by atoms with Crippen molar-refractivity contribution in [2.24, 2.45) is 11.8 Å². The highest BCUT2D eigenvalue weighted by atomic mass is 19.1. The van der Waals surface area contributed by atoms with Crippen molar-refractivity contribution in [3.8, 4) is 17.0 Å². The van der Waals surface area contributed by atoms with Gasteiger partial charge in [-0.15, -0.1) is 0 Å². The van der Waals surface area contributed by atoms with Gasteiger partial charge in [0.1, 0.15) is 5.82 Å². The molecule has 1 fully saturated rings. The number of carboxylic acid groups (broad SMARTS) is 1. The zero-order valence-corrected chi connectivity index (χ0v) is 19.4. The normalized spacial score (nSPS) is 16.9. The number of carboxylic acids is 1. The molecule has 1 aromatic heterocycles. The van der Waals surface area contributed by atoms with Crippen LogP contribution in [0.25, 0.3) is 22.8 Å². The number of benzene rings is 2. The van der Waals surface area contributed by atoms with E-state index in [1.807, 2.05) is 18.2 Å². The summed E-state index contributed by atoms with van der Waals surface area (Å²) in [4.78, 5) is 15.8. The lowest BCUT2D eigenvalue weighted by Crippen LogP contribution is -2.21. The molecule has 0 radical (unpaired) electrons. The first-order chi connectivity index (χ1) is 16.4. The Bertz CT molecular complexity index is 1280. The first-order valence-corrected chi connectivity index (χ1v) is 11.8. The number of carbonyl (C=O) groups is 1. The Morgan fingerprint density at radius 3 is 2.59 bits per heavy atom. The van der Waals surface area contributed by atoms with Crippen molar-refractivity contribution in [1.29, 1.82) is 0 Å². The Labute approximate surface area is 199 Å². The summed E-state index contributed by atoms with van der Waals surface area (Å²) >= 11 is 0. The molecule has 34 heavy (non-hydrogen) atoms. The number of aryl methyl sites for hydroxylation is 1. The molecule has 0 saturated heterocycles. The van der Waals surface area contributed by atoms with E-state index in [-0.39, 0.29) is 11.7 Å². The molecule has 2 aliphatic rings. The minimum Gasteiger partial charge on any atom is -0.481 e. The molecule has 174 valence electrons. The molecular weight excluding hydrogens is 429 g/mol. The minimum atomic E-state index is -0.750. The maximum atomic E-state index is 15.2. The fourth-order valence-corrected chi connectivity index (χ4v) is 5.16. The van der Waals surface area contributed by atoms with Crippen LogP contribution in [0, 0.1) is 17.7 Å². The summed E-state index contributed by atoms with van der Waals surface area (Å²) in [6.45, 7) is 1.81. The van der Waals surface area contributed by atoms with E-state index in [1.165, 1.54) is 5.56 Å². The number of methoxy groups -OCH3 is 1. The van der Waals surface area contributed by atoms with Crippen molar-refractivity contribution in [3.05, 3.63) is 82.8 Å². The van der Waals surface area contributed by atoms with Gasteiger partial charge in [-0.1, -0.05) is 43.3 Å². The molecule has 1 saturated carbocycles. The summed E-state index contributed by atoms with van der Waals surface area (Å²) < 4.78 is 20.4. The Kier molecular flexibility index (Phi) is 5.94. The lowest BCUT2D eigenvalue weighted by Gasteiger charge is -2.24. The quantitative estimate of drug-likeness (QED) is 0.434. The number of halogens is 1. The van der Waals surface area contributed by atoms with E-state index in [9.17, 15) is 9.90 Å². The Balaban J connectivity index is 1.46. The Hall–Kier alpha value is -3.47. The number of rotatable bonds is 7. The third-order valence-corrected chi connectivity index (χ3v) is 7.20. The van der Waals surface area contributed by atoms with Crippen LogP contribution in [0.15, 0.2) is 54.7 Å². The molecule has 2 aliphatic carbocycles. The molecule has 0 spiro atoms. The average Bonchev–Trinajstić information content (AvgIpc) is 3.68. The summed E-state index contributed by atoms with van der Waals surface area (Å²) in [7, 11) is 1.56. The van der Waals surface area contributed by atoms with Gasteiger partial charge in [0, 0.05) is 17.8 Å². The second-order valence-electron chi connectivity index (χ2n) is 9.40. The number of pyridine rings is 1. The van der Waals surface area contributed by atoms with Crippen molar-refractivity contribution < 1.29 is 19.0 Å². The third-order valence-electron chi connectivity index (χ3n) is 7.20. The first kappa shape index (κ1) is 22.3. The fourth-order valence-electron chi connectivity index (χ4n) is 5.16. The van der Waals surface area contributed by atoms with E-state index in [1.54, 1.807) is 32.4 Å². The predicted octanol–water partition coefficient (Wildman–Crippen LogP) is 6.60. The molecule has 1 N–H and O–H groups in total. The van der Waals surface area contributed by atoms with E-state index in [0.717, 1.165) is 53.5 Å². The molecule has 5 heteroatoms. The highest BCUT2D eigenvalue weighted by Crippen LogP contribution is 2.47. The minimum absolute atomic E-state index is 0.0231. The monoisotopic (exact) mass is 457 g/mol. The van der Waals surface area contributed by atoms with Crippen molar-refractivity contribution in [3.63, 3.8) is 0 Å². The highest BCUT2D eigenvalue weighted by molar-refractivity contribution is 5.85. The van der Waals surface area contributed by atoms with Gasteiger partial charge >= 0.3 is 5.97 Å². The van der Waals surface area contributed by atoms with Gasteiger partial charge in [-0.05, 0) is 83.0 Å². The van der Waals surface area contributed by atoms with Crippen LogP contribution in [-0.4, -0.2) is 23.2 Å². The predicted molar refractivity (Wildman–Crippen MR) is 131 cm³/mol. The summed E-state index contributed by atoms with van der Waals surface area (Å²) in [6, 6.07) is 15.3. The standard InChI is InChI=1S/C29H28FNO3/c1-17(29(32)33)28(19-5-6-19)23-8-4-18-3-7-22(13-24(18)14-23)25-10-9-20(15-26(25)30)21-11-12-31-27(16-21)34-2/h4,8-17,19,28H,3,5-7H2,1-2H3,(H,32,33)/t17-,28?/m1/s1. The molecule has 3 aromatic rings. The molecule has 1 heterocycles. The molecule has 5 rings (SSSR count). The second-order valence-corrected chi connectivity index (χ2v) is 9.40. The zero-order valence-electron chi connectivity index (χ0n) is 19.4. The Morgan fingerprint density at radius 2 is 1.88 bits per heavy atom. The van der Waals surface area contributed by atoms with E-state index >= 15 is 4.39 Å². The van der Waals surface area contributed by atoms with Crippen LogP contribution in [0.5, 0.6) is 5.88 Å². The molecule has 1 unspecified atom stereocenters. The molecular formula is C29H28FNO3. The third kappa shape index (κ3) is 4.35. The van der Waals surface area contributed by atoms with Crippen molar-refractivity contribution in [2.75, 3.05) is 7.11 Å². The largest absolute Gasteiger partial charge is 0.481 e. The zero-order chi connectivity index (χ0) is 23.8. The summed E-state index contributed by atoms with van der Waals surface area (Å²) in [5.74, 6) is -0.474. The summed E-state index contributed by atoms with van der Waals surface area (Å²) in [5.41, 5.74) is 6.58. The number of fused-ring (bicyclic) bond motifs is 1. The second kappa shape index (κ2) is 9.05. The van der Waals surface area contributed by atoms with Gasteiger partial charge in [0.2, 0.25) is 5.88 Å². The first-order valence-electron chi connectivity index (χ1n) is 11.8. The van der Waals surface area contributed by atoms with E-state index < -0.39 is 11.9 Å². The molecule has 2 aromatic carbocycles. The summed E-state index contributed by atoms with van der Waals surface area (Å²) in [6.07, 6.45) is 7.50. The highest BCUT2D eigenvalue weighted by Gasteiger charge is 2.38. The topological polar surface area (TPSA) is 59.4 Å². The van der Waals surface area contributed by atoms with Crippen LogP contribution in [0.3, 0.4) is 0 Å². The number of nitrogens with zero attached hydrogens (tertiary/aromatic N) is 1. The molecule has 0 bridgehead atoms. The molecule has 4 nitrogen and oxygen atoms in total. The fraction of sp³-hybridized carbons (Fsp3) is 0.310. The average molecular weight is 458 g/mol. The van der Waals surface area contributed by atoms with Crippen molar-refractivity contribution in [2.45, 2.75) is 38.5 Å². The van der Waals surface area contributed by atoms with Crippen LogP contribution >= 0.6 is 0 Å². The van der Waals surface area contributed by atoms with Crippen LogP contribution in [-0.2, 0) is 11.2 Å². The number of allylic oxidation sites excluding steroid dienone is 1. The number of aliphatic carboxylic acids is 1. The molecule has 0 amide bonds. The van der Waals surface area contributed by atoms with E-state index in [4.69, 9.17) is 4.74 Å². The van der Waals surface area contributed by atoms with Crippen LogP contribution in [0.1, 0.15) is 54.4 Å². The smallest absolute Gasteiger partial charge is 0.306 e. The number of ether oxygens (including phenoxy) is 1. The van der Waals surface area contributed by atoms with E-state index in [0.29, 0.717) is 17.4 Å². The van der Waals surface area contributed by atoms with Gasteiger partial charge < -0.3 is 9.84 Å². The maximum Gasteiger partial charge on any atom is 0.306 e. The number of hydrogen-bond donors (Lipinski definition) is 1. The van der Waals surface area contributed by atoms with Crippen molar-refractivity contribution >= 4 is 17.6 Å². The lowest BCUT2D eigenvalue weighted by atomic mass is 9.80. The van der Waals surface area contributed by atoms with Gasteiger partial charge in [0.15, 0.2) is 0 Å². The van der Waals surface area contributed by atoms with Gasteiger partial charge in [-0.25, -0.2) is 9.37 Å². The SMILES string of the molecule is COc1cc(-c2ccc(C3=Cc4cc(C(C5CC5)[C@@H](C)C(=O)O)ccc4CC3)c(F)c2)ccn1. The number of aromatic nitrogens is 1. The van der Waals surface area contributed by atoms with Crippen molar-refractivity contribution in [1.82, 2.24) is 4.98 Å².